The SMILES string of the molecule is O=C(CCCc1ccncc1)N1CC[C@H](O)[C@H](Cc2ccc(F)cc2)C1. The van der Waals surface area contributed by atoms with E-state index in [1.807, 2.05) is 17.0 Å². The number of aryl methyl sites for hydroxylation is 1. The van der Waals surface area contributed by atoms with E-state index in [-0.39, 0.29) is 17.6 Å². The maximum atomic E-state index is 13.0. The van der Waals surface area contributed by atoms with Gasteiger partial charge in [0.1, 0.15) is 5.82 Å². The van der Waals surface area contributed by atoms with Crippen LogP contribution in [0.2, 0.25) is 0 Å². The van der Waals surface area contributed by atoms with Crippen LogP contribution in [-0.4, -0.2) is 40.1 Å². The lowest BCUT2D eigenvalue weighted by Crippen LogP contribution is -2.46. The van der Waals surface area contributed by atoms with Gasteiger partial charge in [0, 0.05) is 37.8 Å². The highest BCUT2D eigenvalue weighted by Crippen LogP contribution is 2.22. The lowest BCUT2D eigenvalue weighted by molar-refractivity contribution is -0.135. The summed E-state index contributed by atoms with van der Waals surface area (Å²) >= 11 is 0. The Bertz CT molecular complexity index is 706. The zero-order valence-electron chi connectivity index (χ0n) is 14.9. The lowest BCUT2D eigenvalue weighted by Gasteiger charge is -2.36. The number of hydrogen-bond acceptors (Lipinski definition) is 3. The highest BCUT2D eigenvalue weighted by molar-refractivity contribution is 5.76. The normalized spacial score (nSPS) is 20.2. The maximum Gasteiger partial charge on any atom is 0.222 e. The first-order valence-corrected chi connectivity index (χ1v) is 9.21. The smallest absolute Gasteiger partial charge is 0.222 e. The van der Waals surface area contributed by atoms with Crippen molar-refractivity contribution < 1.29 is 14.3 Å². The molecule has 1 aliphatic heterocycles. The molecule has 3 rings (SSSR count). The Morgan fingerprint density at radius 1 is 1.15 bits per heavy atom. The van der Waals surface area contributed by atoms with Gasteiger partial charge in [-0.1, -0.05) is 12.1 Å². The van der Waals surface area contributed by atoms with Crippen molar-refractivity contribution in [2.75, 3.05) is 13.1 Å². The van der Waals surface area contributed by atoms with Crippen LogP contribution in [0.3, 0.4) is 0 Å². The van der Waals surface area contributed by atoms with E-state index in [2.05, 4.69) is 4.98 Å². The number of halogens is 1. The Morgan fingerprint density at radius 2 is 1.88 bits per heavy atom. The summed E-state index contributed by atoms with van der Waals surface area (Å²) < 4.78 is 13.0. The monoisotopic (exact) mass is 356 g/mol. The molecule has 1 aliphatic rings. The van der Waals surface area contributed by atoms with Crippen LogP contribution >= 0.6 is 0 Å². The molecule has 138 valence electrons. The number of nitrogens with zero attached hydrogens (tertiary/aromatic N) is 2. The molecule has 5 heteroatoms. The predicted molar refractivity (Wildman–Crippen MR) is 98.0 cm³/mol. The van der Waals surface area contributed by atoms with E-state index in [0.29, 0.717) is 32.4 Å². The van der Waals surface area contributed by atoms with E-state index in [1.54, 1.807) is 24.5 Å². The second-order valence-corrected chi connectivity index (χ2v) is 7.00. The summed E-state index contributed by atoms with van der Waals surface area (Å²) in [6, 6.07) is 10.3. The summed E-state index contributed by atoms with van der Waals surface area (Å²) in [6.45, 7) is 1.17. The number of pyridine rings is 1. The van der Waals surface area contributed by atoms with E-state index < -0.39 is 6.10 Å². The van der Waals surface area contributed by atoms with E-state index in [0.717, 1.165) is 18.4 Å². The summed E-state index contributed by atoms with van der Waals surface area (Å²) in [5.74, 6) is -0.114. The third-order valence-corrected chi connectivity index (χ3v) is 5.06. The van der Waals surface area contributed by atoms with E-state index in [1.165, 1.54) is 17.7 Å². The molecule has 0 radical (unpaired) electrons. The van der Waals surface area contributed by atoms with Crippen LogP contribution in [0.5, 0.6) is 0 Å². The van der Waals surface area contributed by atoms with Crippen LogP contribution in [0.15, 0.2) is 48.8 Å². The number of aromatic nitrogens is 1. The predicted octanol–water partition coefficient (Wildman–Crippen LogP) is 3.00. The van der Waals surface area contributed by atoms with Crippen LogP contribution < -0.4 is 0 Å². The largest absolute Gasteiger partial charge is 0.393 e. The summed E-state index contributed by atoms with van der Waals surface area (Å²) in [7, 11) is 0. The minimum atomic E-state index is -0.416. The molecular formula is C21H25FN2O2. The van der Waals surface area contributed by atoms with Crippen molar-refractivity contribution >= 4 is 5.91 Å². The fourth-order valence-electron chi connectivity index (χ4n) is 3.52. The van der Waals surface area contributed by atoms with Crippen LogP contribution in [0, 0.1) is 11.7 Å². The van der Waals surface area contributed by atoms with Crippen LogP contribution in [0.4, 0.5) is 4.39 Å². The average molecular weight is 356 g/mol. The first-order valence-electron chi connectivity index (χ1n) is 9.21. The number of piperidine rings is 1. The number of carbonyl (C=O) groups excluding carboxylic acids is 1. The topological polar surface area (TPSA) is 53.4 Å². The number of likely N-dealkylation sites (tertiary alicyclic amines) is 1. The van der Waals surface area contributed by atoms with Crippen molar-refractivity contribution in [2.45, 2.75) is 38.2 Å². The van der Waals surface area contributed by atoms with Crippen molar-refractivity contribution in [2.24, 2.45) is 5.92 Å². The summed E-state index contributed by atoms with van der Waals surface area (Å²) in [5.41, 5.74) is 2.18. The summed E-state index contributed by atoms with van der Waals surface area (Å²) in [4.78, 5) is 18.4. The van der Waals surface area contributed by atoms with Gasteiger partial charge in [-0.2, -0.15) is 0 Å². The van der Waals surface area contributed by atoms with E-state index in [9.17, 15) is 14.3 Å². The Labute approximate surface area is 153 Å². The van der Waals surface area contributed by atoms with Crippen molar-refractivity contribution in [3.8, 4) is 0 Å². The number of rotatable bonds is 6. The van der Waals surface area contributed by atoms with Gasteiger partial charge < -0.3 is 10.0 Å². The molecule has 0 unspecified atom stereocenters. The zero-order chi connectivity index (χ0) is 18.4. The summed E-state index contributed by atoms with van der Waals surface area (Å²) in [5, 5.41) is 10.3. The zero-order valence-corrected chi connectivity index (χ0v) is 14.9. The molecule has 0 aliphatic carbocycles. The van der Waals surface area contributed by atoms with Gasteiger partial charge in [0.05, 0.1) is 6.10 Å². The molecule has 0 bridgehead atoms. The third kappa shape index (κ3) is 5.11. The van der Waals surface area contributed by atoms with Crippen molar-refractivity contribution in [1.29, 1.82) is 0 Å². The Morgan fingerprint density at radius 3 is 2.62 bits per heavy atom. The van der Waals surface area contributed by atoms with Gasteiger partial charge in [-0.3, -0.25) is 9.78 Å². The molecular weight excluding hydrogens is 331 g/mol. The second kappa shape index (κ2) is 8.90. The van der Waals surface area contributed by atoms with Gasteiger partial charge in [-0.05, 0) is 61.1 Å². The quantitative estimate of drug-likeness (QED) is 0.866. The van der Waals surface area contributed by atoms with Gasteiger partial charge in [-0.15, -0.1) is 0 Å². The average Bonchev–Trinajstić information content (AvgIpc) is 2.66. The standard InChI is InChI=1S/C21H25FN2O2/c22-19-6-4-17(5-7-19)14-18-15-24(13-10-20(18)25)21(26)3-1-2-16-8-11-23-12-9-16/h4-9,11-12,18,20,25H,1-3,10,13-15H2/t18-,20+/m1/s1. The first kappa shape index (κ1) is 18.5. The minimum Gasteiger partial charge on any atom is -0.393 e. The third-order valence-electron chi connectivity index (χ3n) is 5.06. The number of benzene rings is 1. The summed E-state index contributed by atoms with van der Waals surface area (Å²) in [6.07, 6.45) is 6.56. The van der Waals surface area contributed by atoms with Crippen LogP contribution in [0.25, 0.3) is 0 Å². The highest BCUT2D eigenvalue weighted by atomic mass is 19.1. The molecule has 1 aromatic carbocycles. The van der Waals surface area contributed by atoms with E-state index >= 15 is 0 Å². The van der Waals surface area contributed by atoms with Gasteiger partial charge in [0.25, 0.3) is 0 Å². The molecule has 1 N–H and O–H groups in total. The van der Waals surface area contributed by atoms with Crippen LogP contribution in [-0.2, 0) is 17.6 Å². The fraction of sp³-hybridized carbons (Fsp3) is 0.429. The lowest BCUT2D eigenvalue weighted by atomic mass is 9.88. The highest BCUT2D eigenvalue weighted by Gasteiger charge is 2.30. The number of aliphatic hydroxyl groups excluding tert-OH is 1. The molecule has 0 saturated carbocycles. The molecule has 1 saturated heterocycles. The van der Waals surface area contributed by atoms with Crippen molar-refractivity contribution in [3.05, 3.63) is 65.7 Å². The molecule has 2 aromatic rings. The fourth-order valence-corrected chi connectivity index (χ4v) is 3.52. The molecule has 1 aromatic heterocycles. The molecule has 2 heterocycles. The Balaban J connectivity index is 1.50. The van der Waals surface area contributed by atoms with Crippen molar-refractivity contribution in [3.63, 3.8) is 0 Å². The molecule has 4 nitrogen and oxygen atoms in total. The molecule has 2 atom stereocenters. The second-order valence-electron chi connectivity index (χ2n) is 7.00. The van der Waals surface area contributed by atoms with E-state index in [4.69, 9.17) is 0 Å². The number of carbonyl (C=O) groups is 1. The van der Waals surface area contributed by atoms with Crippen molar-refractivity contribution in [1.82, 2.24) is 9.88 Å². The molecule has 1 fully saturated rings. The van der Waals surface area contributed by atoms with Gasteiger partial charge in [-0.25, -0.2) is 4.39 Å². The molecule has 1 amide bonds. The number of amides is 1. The van der Waals surface area contributed by atoms with Crippen LogP contribution in [0.1, 0.15) is 30.4 Å². The first-order chi connectivity index (χ1) is 12.6. The molecule has 0 spiro atoms. The van der Waals surface area contributed by atoms with Gasteiger partial charge in [0.2, 0.25) is 5.91 Å². The minimum absolute atomic E-state index is 0.00152. The Hall–Kier alpha value is -2.27. The molecule has 26 heavy (non-hydrogen) atoms. The Kier molecular flexibility index (Phi) is 6.34. The van der Waals surface area contributed by atoms with Gasteiger partial charge in [0.15, 0.2) is 0 Å². The van der Waals surface area contributed by atoms with Gasteiger partial charge >= 0.3 is 0 Å². The number of hydrogen-bond donors (Lipinski definition) is 1. The maximum absolute atomic E-state index is 13.0. The number of aliphatic hydroxyl groups is 1.